The predicted octanol–water partition coefficient (Wildman–Crippen LogP) is 6.09. The van der Waals surface area contributed by atoms with E-state index in [-0.39, 0.29) is 70.0 Å². The standard InChI is InChI=1S/C34H28ClN3O5S2/c1-16-4-2-3-5-23(16)36-24(39)15-43-20-12-6-17(7-13-20)25-26-21-14-22(29(26)44-31-30(25)45-34(42)37-31)28-27(21)32(40)38(33(28)41)19-10-8-18(35)9-11-19/h2-13,21-22,25-29H,14-15H2,1H3,(H,36,39)(H,37,42)/t21-,22-,25-,26?,27?,28?,29?/m1/s1. The highest BCUT2D eigenvalue weighted by Crippen LogP contribution is 2.68. The zero-order chi connectivity index (χ0) is 31.0. The number of nitrogens with zero attached hydrogens (tertiary/aromatic N) is 1. The highest BCUT2D eigenvalue weighted by Gasteiger charge is 2.69. The highest BCUT2D eigenvalue weighted by atomic mass is 35.5. The number of aromatic nitrogens is 1. The van der Waals surface area contributed by atoms with Crippen molar-refractivity contribution in [2.24, 2.45) is 29.6 Å². The zero-order valence-corrected chi connectivity index (χ0v) is 26.5. The average Bonchev–Trinajstić information content (AvgIpc) is 3.77. The summed E-state index contributed by atoms with van der Waals surface area (Å²) in [4.78, 5) is 58.1. The van der Waals surface area contributed by atoms with E-state index in [0.29, 0.717) is 16.5 Å². The van der Waals surface area contributed by atoms with E-state index >= 15 is 0 Å². The second kappa shape index (κ2) is 10.9. The fraction of sp³-hybridized carbons (Fsp3) is 0.294. The Balaban J connectivity index is 1.06. The third-order valence-corrected chi connectivity index (χ3v) is 12.7. The van der Waals surface area contributed by atoms with E-state index in [1.807, 2.05) is 55.5 Å². The van der Waals surface area contributed by atoms with Crippen LogP contribution in [0.4, 0.5) is 11.4 Å². The first kappa shape index (κ1) is 28.6. The second-order valence-corrected chi connectivity index (χ2v) is 14.8. The van der Waals surface area contributed by atoms with Crippen molar-refractivity contribution in [3.05, 3.63) is 103 Å². The van der Waals surface area contributed by atoms with E-state index in [0.717, 1.165) is 33.1 Å². The summed E-state index contributed by atoms with van der Waals surface area (Å²) in [5.74, 6) is -0.648. The summed E-state index contributed by atoms with van der Waals surface area (Å²) in [6.07, 6.45) is 0.816. The van der Waals surface area contributed by atoms with Crippen molar-refractivity contribution < 1.29 is 19.1 Å². The molecule has 1 saturated heterocycles. The molecule has 4 aromatic rings. The molecule has 1 aromatic heterocycles. The molecule has 2 saturated carbocycles. The molecule has 2 N–H and O–H groups in total. The predicted molar refractivity (Wildman–Crippen MR) is 174 cm³/mol. The third kappa shape index (κ3) is 4.64. The number of carbonyl (C=O) groups is 3. The lowest BCUT2D eigenvalue weighted by atomic mass is 9.68. The molecule has 0 radical (unpaired) electrons. The number of benzene rings is 3. The van der Waals surface area contributed by atoms with E-state index in [4.69, 9.17) is 16.3 Å². The Morgan fingerprint density at radius 1 is 0.978 bits per heavy atom. The third-order valence-electron chi connectivity index (χ3n) is 9.84. The van der Waals surface area contributed by atoms with Crippen molar-refractivity contribution in [3.8, 4) is 5.75 Å². The number of para-hydroxylation sites is 1. The number of halogens is 1. The average molecular weight is 658 g/mol. The smallest absolute Gasteiger partial charge is 0.305 e. The maximum atomic E-state index is 13.9. The molecule has 3 fully saturated rings. The number of thiazole rings is 1. The van der Waals surface area contributed by atoms with Crippen LogP contribution in [0.25, 0.3) is 0 Å². The van der Waals surface area contributed by atoms with Gasteiger partial charge in [-0.3, -0.25) is 24.1 Å². The summed E-state index contributed by atoms with van der Waals surface area (Å²) in [6.45, 7) is 1.80. The molecule has 3 amide bonds. The van der Waals surface area contributed by atoms with Gasteiger partial charge in [0.25, 0.3) is 5.91 Å². The van der Waals surface area contributed by atoms with Crippen LogP contribution < -0.4 is 19.8 Å². The molecule has 8 nitrogen and oxygen atoms in total. The summed E-state index contributed by atoms with van der Waals surface area (Å²) < 4.78 is 5.81. The highest BCUT2D eigenvalue weighted by molar-refractivity contribution is 8.00. The summed E-state index contributed by atoms with van der Waals surface area (Å²) in [6, 6.07) is 22.1. The molecule has 228 valence electrons. The van der Waals surface area contributed by atoms with Gasteiger partial charge in [-0.05, 0) is 84.7 Å². The Hall–Kier alpha value is -3.86. The van der Waals surface area contributed by atoms with Crippen LogP contribution in [0.3, 0.4) is 0 Å². The zero-order valence-electron chi connectivity index (χ0n) is 24.1. The fourth-order valence-corrected chi connectivity index (χ4v) is 11.1. The maximum Gasteiger partial charge on any atom is 0.305 e. The van der Waals surface area contributed by atoms with Crippen LogP contribution in [0.15, 0.2) is 82.6 Å². The molecule has 0 spiro atoms. The van der Waals surface area contributed by atoms with Crippen molar-refractivity contribution >= 4 is 63.8 Å². The van der Waals surface area contributed by atoms with E-state index in [9.17, 15) is 19.2 Å². The Morgan fingerprint density at radius 3 is 2.42 bits per heavy atom. The van der Waals surface area contributed by atoms with Gasteiger partial charge < -0.3 is 15.0 Å². The molecule has 2 aliphatic heterocycles. The van der Waals surface area contributed by atoms with Crippen molar-refractivity contribution in [1.82, 2.24) is 4.98 Å². The van der Waals surface area contributed by atoms with Gasteiger partial charge in [-0.15, -0.1) is 11.8 Å². The number of aryl methyl sites for hydroxylation is 1. The molecular formula is C34H28ClN3O5S2. The lowest BCUT2D eigenvalue weighted by Crippen LogP contribution is -2.42. The topological polar surface area (TPSA) is 109 Å². The van der Waals surface area contributed by atoms with Crippen LogP contribution in [0.2, 0.25) is 5.02 Å². The number of ether oxygens (including phenoxy) is 1. The number of rotatable bonds is 6. The van der Waals surface area contributed by atoms with Gasteiger partial charge in [0.2, 0.25) is 11.8 Å². The first-order chi connectivity index (χ1) is 21.8. The normalized spacial score (nSPS) is 27.7. The summed E-state index contributed by atoms with van der Waals surface area (Å²) >= 11 is 8.97. The Kier molecular flexibility index (Phi) is 6.92. The quantitative estimate of drug-likeness (QED) is 0.243. The molecule has 2 aliphatic carbocycles. The molecule has 2 bridgehead atoms. The minimum absolute atomic E-state index is 0.0164. The molecule has 8 rings (SSSR count). The number of thioether (sulfide) groups is 1. The monoisotopic (exact) mass is 657 g/mol. The van der Waals surface area contributed by atoms with Gasteiger partial charge >= 0.3 is 4.87 Å². The van der Waals surface area contributed by atoms with Crippen molar-refractivity contribution in [2.45, 2.75) is 29.5 Å². The Morgan fingerprint density at radius 2 is 1.69 bits per heavy atom. The molecule has 3 heterocycles. The van der Waals surface area contributed by atoms with Gasteiger partial charge in [-0.1, -0.05) is 53.3 Å². The molecule has 3 aromatic carbocycles. The molecule has 7 atom stereocenters. The first-order valence-electron chi connectivity index (χ1n) is 14.9. The number of aromatic amines is 1. The fourth-order valence-electron chi connectivity index (χ4n) is 8.05. The van der Waals surface area contributed by atoms with Crippen LogP contribution in [-0.2, 0) is 14.4 Å². The van der Waals surface area contributed by atoms with Gasteiger partial charge in [0.1, 0.15) is 5.75 Å². The Bertz CT molecular complexity index is 1910. The minimum Gasteiger partial charge on any atom is -0.484 e. The SMILES string of the molecule is Cc1ccccc1NC(=O)COc1ccc([C@H]2c3sc(=O)[nH]c3SC3C2[C@H]2C[C@@H]3C3C(=O)N(c4ccc(Cl)cc4)C(=O)C32)cc1. The number of imide groups is 1. The van der Waals surface area contributed by atoms with Gasteiger partial charge in [-0.2, -0.15) is 0 Å². The lowest BCUT2D eigenvalue weighted by Gasteiger charge is -2.43. The Labute approximate surface area is 272 Å². The van der Waals surface area contributed by atoms with Gasteiger partial charge in [0.05, 0.1) is 22.5 Å². The maximum absolute atomic E-state index is 13.9. The molecule has 11 heteroatoms. The van der Waals surface area contributed by atoms with Crippen molar-refractivity contribution in [1.29, 1.82) is 0 Å². The number of hydrogen-bond donors (Lipinski definition) is 2. The number of amides is 3. The largest absolute Gasteiger partial charge is 0.484 e. The van der Waals surface area contributed by atoms with E-state index in [1.165, 1.54) is 16.2 Å². The van der Waals surface area contributed by atoms with Crippen LogP contribution in [0, 0.1) is 36.5 Å². The molecule has 4 aliphatic rings. The first-order valence-corrected chi connectivity index (χ1v) is 17.0. The second-order valence-electron chi connectivity index (χ2n) is 12.2. The molecule has 4 unspecified atom stereocenters. The number of nitrogens with one attached hydrogen (secondary N) is 2. The van der Waals surface area contributed by atoms with Gasteiger partial charge in [0, 0.05) is 26.8 Å². The lowest BCUT2D eigenvalue weighted by molar-refractivity contribution is -0.123. The number of H-pyrrole nitrogens is 1. The molecule has 45 heavy (non-hydrogen) atoms. The van der Waals surface area contributed by atoms with E-state index < -0.39 is 0 Å². The van der Waals surface area contributed by atoms with Crippen LogP contribution in [-0.4, -0.2) is 34.6 Å². The van der Waals surface area contributed by atoms with Crippen LogP contribution in [0.1, 0.15) is 28.3 Å². The van der Waals surface area contributed by atoms with Crippen molar-refractivity contribution in [2.75, 3.05) is 16.8 Å². The van der Waals surface area contributed by atoms with Gasteiger partial charge in [0.15, 0.2) is 6.61 Å². The molecular weight excluding hydrogens is 630 g/mol. The minimum atomic E-state index is -0.380. The number of anilines is 2. The van der Waals surface area contributed by atoms with Crippen molar-refractivity contribution in [3.63, 3.8) is 0 Å². The summed E-state index contributed by atoms with van der Waals surface area (Å²) in [7, 11) is 0. The number of hydrogen-bond acceptors (Lipinski definition) is 7. The number of carbonyl (C=O) groups excluding carboxylic acids is 3. The number of fused-ring (bicyclic) bond motifs is 9. The summed E-state index contributed by atoms with van der Waals surface area (Å²) in [5, 5.41) is 4.39. The van der Waals surface area contributed by atoms with Crippen LogP contribution in [0.5, 0.6) is 5.75 Å². The van der Waals surface area contributed by atoms with E-state index in [1.54, 1.807) is 36.0 Å². The summed E-state index contributed by atoms with van der Waals surface area (Å²) in [5.41, 5.74) is 3.30. The van der Waals surface area contributed by atoms with Crippen LogP contribution >= 0.6 is 34.7 Å². The van der Waals surface area contributed by atoms with Gasteiger partial charge in [-0.25, -0.2) is 0 Å². The van der Waals surface area contributed by atoms with E-state index in [2.05, 4.69) is 10.3 Å².